The molecule has 0 aromatic heterocycles. The first-order valence-electron chi connectivity index (χ1n) is 14.7. The largest absolute Gasteiger partial charge is 3.00 e. The first kappa shape index (κ1) is 37.2. The molecule has 9 heteroatoms. The quantitative estimate of drug-likeness (QED) is 0.238. The van der Waals surface area contributed by atoms with Crippen LogP contribution in [0.4, 0.5) is 0 Å². The number of hydrogen-bond acceptors (Lipinski definition) is 7. The standard InChI is InChI=1S/C28H38N2O2.C7H8O3S.Co/c1-27(2,3)21-11-13-25(31)19(15-21)17-29-23-9-7-8-10-24(23)30-18-20-16-22(28(4,5)6)12-14-26(20)32;1-6-2-4-7(5-3-6)11(8,9)10;/h11-18,23-24,31-32H,7-10H2,1-6H3;2-5H,1H3,(H,8,9,10);/q;;+3/p-3. The fourth-order valence-electron chi connectivity index (χ4n) is 4.73. The molecule has 2 atom stereocenters. The zero-order chi connectivity index (χ0) is 32.0. The van der Waals surface area contributed by atoms with Crippen molar-refractivity contribution in [2.75, 3.05) is 0 Å². The van der Waals surface area contributed by atoms with E-state index in [0.717, 1.165) is 42.4 Å². The van der Waals surface area contributed by atoms with E-state index >= 15 is 0 Å². The van der Waals surface area contributed by atoms with Gasteiger partial charge in [-0.25, -0.2) is 8.42 Å². The molecule has 2 unspecified atom stereocenters. The van der Waals surface area contributed by atoms with Gasteiger partial charge in [-0.2, -0.15) is 0 Å². The molecule has 0 radical (unpaired) electrons. The Morgan fingerprint density at radius 2 is 1.09 bits per heavy atom. The van der Waals surface area contributed by atoms with Gasteiger partial charge in [-0.15, -0.1) is 11.5 Å². The van der Waals surface area contributed by atoms with E-state index in [0.29, 0.717) is 11.1 Å². The second kappa shape index (κ2) is 15.3. The molecule has 1 saturated carbocycles. The number of aryl methyl sites for hydroxylation is 1. The van der Waals surface area contributed by atoms with E-state index in [1.807, 2.05) is 31.2 Å². The van der Waals surface area contributed by atoms with Gasteiger partial charge < -0.3 is 14.8 Å². The van der Waals surface area contributed by atoms with Crippen molar-refractivity contribution in [2.24, 2.45) is 9.98 Å². The average molecular weight is 663 g/mol. The van der Waals surface area contributed by atoms with Gasteiger partial charge in [0.1, 0.15) is 10.1 Å². The summed E-state index contributed by atoms with van der Waals surface area (Å²) in [7, 11) is -4.27. The SMILES string of the molecule is CC(C)(C)c1ccc([O-])c(C=NC2CCCCC2N=Cc2cc(C(C)(C)C)ccc2[O-])c1.Cc1ccc(S(=O)(=O)[O-])cc1.[Co+3]. The minimum atomic E-state index is -4.27. The zero-order valence-corrected chi connectivity index (χ0v) is 28.4. The average Bonchev–Trinajstić information content (AvgIpc) is 2.91. The Labute approximate surface area is 273 Å². The number of nitrogens with zero attached hydrogens (tertiary/aromatic N) is 2. The van der Waals surface area contributed by atoms with E-state index in [-0.39, 0.29) is 56.1 Å². The Balaban J connectivity index is 0.000000475. The topological polar surface area (TPSA) is 128 Å². The smallest absolute Gasteiger partial charge is 0.872 e. The predicted molar refractivity (Wildman–Crippen MR) is 170 cm³/mol. The van der Waals surface area contributed by atoms with Crippen LogP contribution in [0.3, 0.4) is 0 Å². The number of hydrogen-bond donors (Lipinski definition) is 0. The predicted octanol–water partition coefficient (Wildman–Crippen LogP) is 6.17. The Kier molecular flexibility index (Phi) is 13.0. The second-order valence-electron chi connectivity index (χ2n) is 13.2. The molecule has 3 aromatic carbocycles. The summed E-state index contributed by atoms with van der Waals surface area (Å²) in [5.41, 5.74) is 4.39. The summed E-state index contributed by atoms with van der Waals surface area (Å²) >= 11 is 0. The van der Waals surface area contributed by atoms with Crippen LogP contribution in [0, 0.1) is 6.92 Å². The summed E-state index contributed by atoms with van der Waals surface area (Å²) in [6, 6.07) is 16.8. The van der Waals surface area contributed by atoms with E-state index < -0.39 is 10.1 Å². The van der Waals surface area contributed by atoms with Crippen molar-refractivity contribution in [2.45, 2.75) is 102 Å². The number of rotatable bonds is 5. The first-order chi connectivity index (χ1) is 19.9. The van der Waals surface area contributed by atoms with E-state index in [9.17, 15) is 23.2 Å². The van der Waals surface area contributed by atoms with Crippen molar-refractivity contribution < 1.29 is 40.0 Å². The summed E-state index contributed by atoms with van der Waals surface area (Å²) in [5.74, 6) is -0.0137. The van der Waals surface area contributed by atoms with E-state index in [1.165, 1.54) is 12.1 Å². The van der Waals surface area contributed by atoms with Gasteiger partial charge in [-0.1, -0.05) is 108 Å². The van der Waals surface area contributed by atoms with Crippen LogP contribution in [0.15, 0.2) is 75.5 Å². The Morgan fingerprint density at radius 3 is 1.43 bits per heavy atom. The van der Waals surface area contributed by atoms with Crippen LogP contribution in [0.25, 0.3) is 0 Å². The van der Waals surface area contributed by atoms with E-state index in [2.05, 4.69) is 41.5 Å². The molecule has 4 rings (SSSR count). The van der Waals surface area contributed by atoms with Gasteiger partial charge >= 0.3 is 16.8 Å². The molecule has 44 heavy (non-hydrogen) atoms. The maximum Gasteiger partial charge on any atom is 3.00 e. The summed E-state index contributed by atoms with van der Waals surface area (Å²) < 4.78 is 31.2. The normalized spacial score (nSPS) is 17.6. The Hall–Kier alpha value is -2.98. The fraction of sp³-hybridized carbons (Fsp3) is 0.429. The molecule has 0 saturated heterocycles. The molecule has 3 aromatic rings. The molecular formula is C35H43CoN2O5S. The maximum absolute atomic E-state index is 12.4. The van der Waals surface area contributed by atoms with Gasteiger partial charge in [0.15, 0.2) is 0 Å². The van der Waals surface area contributed by atoms with Gasteiger partial charge in [0, 0.05) is 12.4 Å². The van der Waals surface area contributed by atoms with E-state index in [1.54, 1.807) is 36.7 Å². The molecule has 0 heterocycles. The van der Waals surface area contributed by atoms with Crippen LogP contribution >= 0.6 is 0 Å². The maximum atomic E-state index is 12.4. The molecule has 0 amide bonds. The number of aliphatic imine (C=N–C) groups is 2. The molecule has 1 aliphatic rings. The third kappa shape index (κ3) is 10.9. The van der Waals surface area contributed by atoms with Crippen molar-refractivity contribution in [1.29, 1.82) is 0 Å². The molecule has 238 valence electrons. The minimum Gasteiger partial charge on any atom is -0.872 e. The molecule has 1 aliphatic carbocycles. The summed E-state index contributed by atoms with van der Waals surface area (Å²) in [4.78, 5) is 9.41. The molecule has 7 nitrogen and oxygen atoms in total. The zero-order valence-electron chi connectivity index (χ0n) is 26.6. The molecule has 1 fully saturated rings. The van der Waals surface area contributed by atoms with Gasteiger partial charge in [0.05, 0.1) is 17.0 Å². The molecule has 0 bridgehead atoms. The van der Waals surface area contributed by atoms with Crippen LogP contribution in [-0.2, 0) is 37.7 Å². The molecule has 0 spiro atoms. The van der Waals surface area contributed by atoms with Crippen molar-refractivity contribution in [1.82, 2.24) is 0 Å². The van der Waals surface area contributed by atoms with Gasteiger partial charge in [-0.3, -0.25) is 9.98 Å². The van der Waals surface area contributed by atoms with E-state index in [4.69, 9.17) is 9.98 Å². The van der Waals surface area contributed by atoms with Crippen molar-refractivity contribution in [3.63, 3.8) is 0 Å². The van der Waals surface area contributed by atoms with Crippen LogP contribution in [0.5, 0.6) is 11.5 Å². The molecule has 0 aliphatic heterocycles. The summed E-state index contributed by atoms with van der Waals surface area (Å²) in [6.07, 6.45) is 7.56. The monoisotopic (exact) mass is 662 g/mol. The molecular weight excluding hydrogens is 619 g/mol. The van der Waals surface area contributed by atoms with Crippen LogP contribution < -0.4 is 10.2 Å². The van der Waals surface area contributed by atoms with Gasteiger partial charge in [0.2, 0.25) is 0 Å². The minimum absolute atomic E-state index is 0. The van der Waals surface area contributed by atoms with Crippen molar-refractivity contribution in [3.05, 3.63) is 88.5 Å². The molecule has 0 N–H and O–H groups in total. The Morgan fingerprint density at radius 1 is 0.705 bits per heavy atom. The third-order valence-electron chi connectivity index (χ3n) is 7.57. The third-order valence-corrected chi connectivity index (χ3v) is 8.41. The summed E-state index contributed by atoms with van der Waals surface area (Å²) in [6.45, 7) is 14.6. The van der Waals surface area contributed by atoms with Gasteiger partial charge in [0.25, 0.3) is 0 Å². The second-order valence-corrected chi connectivity index (χ2v) is 14.6. The first-order valence-corrected chi connectivity index (χ1v) is 16.1. The van der Waals surface area contributed by atoms with Crippen molar-refractivity contribution >= 4 is 22.5 Å². The van der Waals surface area contributed by atoms with Crippen LogP contribution in [0.1, 0.15) is 95.0 Å². The van der Waals surface area contributed by atoms with Gasteiger partial charge in [-0.05, 0) is 65.0 Å². The fourth-order valence-corrected chi connectivity index (χ4v) is 5.20. The summed E-state index contributed by atoms with van der Waals surface area (Å²) in [5, 5.41) is 24.7. The number of benzene rings is 3. The Bertz CT molecular complexity index is 1470. The van der Waals surface area contributed by atoms with Crippen LogP contribution in [-0.4, -0.2) is 37.5 Å². The van der Waals surface area contributed by atoms with Crippen molar-refractivity contribution in [3.8, 4) is 11.5 Å². The van der Waals surface area contributed by atoms with Crippen LogP contribution in [0.2, 0.25) is 0 Å².